The lowest BCUT2D eigenvalue weighted by molar-refractivity contribution is -0.140. The monoisotopic (exact) mass is 674 g/mol. The minimum Gasteiger partial charge on any atom is -0.267 e. The topological polar surface area (TPSA) is 66.9 Å². The minimum atomic E-state index is -5.14. The number of amides is 1. The first-order chi connectivity index (χ1) is 17.2. The highest BCUT2D eigenvalue weighted by atomic mass is 79.9. The van der Waals surface area contributed by atoms with Gasteiger partial charge in [0.15, 0.2) is 0 Å². The Morgan fingerprint density at radius 2 is 1.59 bits per heavy atom. The second-order valence-corrected chi connectivity index (χ2v) is 9.33. The van der Waals surface area contributed by atoms with Crippen molar-refractivity contribution in [1.29, 1.82) is 0 Å². The molecular formula is C22H12Br2ClF7N4O. The number of hydrogen-bond acceptors (Lipinski definition) is 4. The molecule has 0 aliphatic rings. The van der Waals surface area contributed by atoms with Crippen LogP contribution < -0.4 is 10.9 Å². The molecule has 37 heavy (non-hydrogen) atoms. The Labute approximate surface area is 226 Å². The van der Waals surface area contributed by atoms with Crippen LogP contribution in [0.1, 0.15) is 33.0 Å². The summed E-state index contributed by atoms with van der Waals surface area (Å²) in [5, 5.41) is 0.0751. The van der Waals surface area contributed by atoms with E-state index in [1.54, 1.807) is 0 Å². The van der Waals surface area contributed by atoms with Gasteiger partial charge in [0, 0.05) is 26.9 Å². The van der Waals surface area contributed by atoms with E-state index in [1.807, 2.05) is 5.43 Å². The summed E-state index contributed by atoms with van der Waals surface area (Å²) in [6, 6.07) is 5.16. The van der Waals surface area contributed by atoms with E-state index in [4.69, 9.17) is 11.6 Å². The fourth-order valence-electron chi connectivity index (χ4n) is 3.05. The molecule has 0 saturated heterocycles. The second-order valence-electron chi connectivity index (χ2n) is 7.24. The molecule has 1 unspecified atom stereocenters. The van der Waals surface area contributed by atoms with Gasteiger partial charge in [-0.15, -0.1) is 0 Å². The van der Waals surface area contributed by atoms with Gasteiger partial charge in [-0.05, 0) is 73.8 Å². The predicted octanol–water partition coefficient (Wildman–Crippen LogP) is 8.09. The van der Waals surface area contributed by atoms with Crippen molar-refractivity contribution in [3.63, 3.8) is 0 Å². The molecule has 1 heterocycles. The van der Waals surface area contributed by atoms with Gasteiger partial charge >= 0.3 is 12.4 Å². The van der Waals surface area contributed by atoms with E-state index in [0.29, 0.717) is 6.07 Å². The number of nitrogens with one attached hydrogen (secondary N) is 2. The van der Waals surface area contributed by atoms with Gasteiger partial charge in [-0.1, -0.05) is 17.7 Å². The van der Waals surface area contributed by atoms with Gasteiger partial charge in [-0.3, -0.25) is 15.6 Å². The van der Waals surface area contributed by atoms with Gasteiger partial charge in [-0.2, -0.15) is 26.3 Å². The smallest absolute Gasteiger partial charge is 0.267 e. The van der Waals surface area contributed by atoms with Gasteiger partial charge in [0.2, 0.25) is 5.95 Å². The third-order valence-corrected chi connectivity index (χ3v) is 6.84. The van der Waals surface area contributed by atoms with Crippen LogP contribution in [0.5, 0.6) is 0 Å². The number of rotatable bonds is 6. The van der Waals surface area contributed by atoms with E-state index in [9.17, 15) is 35.5 Å². The third-order valence-electron chi connectivity index (χ3n) is 4.73. The maximum atomic E-state index is 15.0. The molecule has 0 spiro atoms. The highest BCUT2D eigenvalue weighted by molar-refractivity contribution is 9.11. The molecule has 3 rings (SSSR count). The molecule has 1 aromatic heterocycles. The van der Waals surface area contributed by atoms with Crippen LogP contribution in [0.2, 0.25) is 5.02 Å². The predicted molar refractivity (Wildman–Crippen MR) is 129 cm³/mol. The van der Waals surface area contributed by atoms with Crippen LogP contribution in [0.15, 0.2) is 63.8 Å². The zero-order valence-electron chi connectivity index (χ0n) is 17.9. The number of benzene rings is 2. The van der Waals surface area contributed by atoms with Crippen molar-refractivity contribution in [2.45, 2.75) is 18.3 Å². The lowest BCUT2D eigenvalue weighted by Crippen LogP contribution is -2.32. The van der Waals surface area contributed by atoms with E-state index in [2.05, 4.69) is 47.3 Å². The number of nitrogens with zero attached hydrogens (tertiary/aromatic N) is 2. The maximum absolute atomic E-state index is 15.0. The Kier molecular flexibility index (Phi) is 8.85. The van der Waals surface area contributed by atoms with Crippen LogP contribution in [0.25, 0.3) is 5.83 Å². The number of alkyl halides is 6. The van der Waals surface area contributed by atoms with Crippen molar-refractivity contribution in [3.05, 3.63) is 91.1 Å². The molecule has 5 nitrogen and oxygen atoms in total. The molecule has 0 aliphatic heterocycles. The van der Waals surface area contributed by atoms with Gasteiger partial charge < -0.3 is 0 Å². The standard InChI is InChI=1S/C22H12Br2ClF7N4O/c23-15-7-11(8-16(24)18(15)25)13(21(27,28)29)9-17(26)10-2-3-12(14(6-10)22(30,31)32)19(37)35-36-20-33-4-1-5-34-20/h1-9,13H,(H,35,37)(H,33,34,36)/b17-9-. The van der Waals surface area contributed by atoms with Crippen molar-refractivity contribution in [3.8, 4) is 0 Å². The number of carbonyl (C=O) groups excluding carboxylic acids is 1. The van der Waals surface area contributed by atoms with Crippen LogP contribution in [-0.2, 0) is 6.18 Å². The van der Waals surface area contributed by atoms with Crippen LogP contribution in [-0.4, -0.2) is 22.1 Å². The van der Waals surface area contributed by atoms with Gasteiger partial charge in [0.1, 0.15) is 11.7 Å². The van der Waals surface area contributed by atoms with Crippen molar-refractivity contribution in [1.82, 2.24) is 15.4 Å². The largest absolute Gasteiger partial charge is 0.417 e. The highest BCUT2D eigenvalue weighted by Gasteiger charge is 2.41. The normalized spacial score (nSPS) is 13.3. The Hall–Kier alpha value is -2.71. The maximum Gasteiger partial charge on any atom is 0.417 e. The summed E-state index contributed by atoms with van der Waals surface area (Å²) in [6.45, 7) is 0. The molecule has 0 bridgehead atoms. The van der Waals surface area contributed by atoms with E-state index in [1.165, 1.54) is 18.5 Å². The van der Waals surface area contributed by atoms with Crippen LogP contribution in [0.4, 0.5) is 36.7 Å². The molecule has 3 aromatic rings. The Morgan fingerprint density at radius 1 is 1.00 bits per heavy atom. The van der Waals surface area contributed by atoms with E-state index in [-0.39, 0.29) is 32.1 Å². The summed E-state index contributed by atoms with van der Waals surface area (Å²) in [4.78, 5) is 19.8. The summed E-state index contributed by atoms with van der Waals surface area (Å²) in [5.41, 5.74) is 0.472. The molecule has 1 amide bonds. The fourth-order valence-corrected chi connectivity index (χ4v) is 4.38. The van der Waals surface area contributed by atoms with Gasteiger partial charge in [-0.25, -0.2) is 14.4 Å². The molecule has 196 valence electrons. The quantitative estimate of drug-likeness (QED) is 0.158. The van der Waals surface area contributed by atoms with Crippen LogP contribution in [0.3, 0.4) is 0 Å². The molecule has 2 N–H and O–H groups in total. The molecule has 2 aromatic carbocycles. The van der Waals surface area contributed by atoms with E-state index >= 15 is 0 Å². The van der Waals surface area contributed by atoms with E-state index < -0.39 is 52.3 Å². The number of hydrazine groups is 1. The minimum absolute atomic E-state index is 0.0751. The second kappa shape index (κ2) is 11.4. The molecule has 1 atom stereocenters. The first kappa shape index (κ1) is 28.9. The molecular weight excluding hydrogens is 665 g/mol. The number of allylic oxidation sites excluding steroid dienone is 1. The zero-order chi connectivity index (χ0) is 27.5. The Morgan fingerprint density at radius 3 is 2.14 bits per heavy atom. The van der Waals surface area contributed by atoms with E-state index in [0.717, 1.165) is 18.2 Å². The summed E-state index contributed by atoms with van der Waals surface area (Å²) in [6.07, 6.45) is -7.38. The number of anilines is 1. The van der Waals surface area contributed by atoms with Gasteiger partial charge in [0.25, 0.3) is 5.91 Å². The zero-order valence-corrected chi connectivity index (χ0v) is 21.8. The average Bonchev–Trinajstić information content (AvgIpc) is 2.83. The highest BCUT2D eigenvalue weighted by Crippen LogP contribution is 2.43. The molecule has 0 fully saturated rings. The van der Waals surface area contributed by atoms with Crippen molar-refractivity contribution < 1.29 is 35.5 Å². The summed E-state index contributed by atoms with van der Waals surface area (Å²) in [7, 11) is 0. The summed E-state index contributed by atoms with van der Waals surface area (Å²) >= 11 is 11.9. The number of aromatic nitrogens is 2. The third kappa shape index (κ3) is 7.20. The Bertz CT molecular complexity index is 1310. The van der Waals surface area contributed by atoms with Crippen molar-refractivity contribution in [2.24, 2.45) is 0 Å². The number of hydrogen-bond donors (Lipinski definition) is 2. The van der Waals surface area contributed by atoms with Crippen molar-refractivity contribution in [2.75, 3.05) is 5.43 Å². The molecule has 0 saturated carbocycles. The lowest BCUT2D eigenvalue weighted by Gasteiger charge is -2.19. The molecule has 0 radical (unpaired) electrons. The van der Waals surface area contributed by atoms with Crippen molar-refractivity contribution >= 4 is 61.1 Å². The summed E-state index contributed by atoms with van der Waals surface area (Å²) in [5.74, 6) is -5.49. The SMILES string of the molecule is O=C(NNc1ncccn1)c1ccc(/C(F)=C/C(c2cc(Br)c(Cl)c(Br)c2)C(F)(F)F)cc1C(F)(F)F. The first-order valence-corrected chi connectivity index (χ1v) is 11.8. The summed E-state index contributed by atoms with van der Waals surface area (Å²) < 4.78 is 97.6. The number of halogens is 10. The number of carbonyl (C=O) groups is 1. The average molecular weight is 677 g/mol. The lowest BCUT2D eigenvalue weighted by atomic mass is 9.95. The molecule has 15 heteroatoms. The Balaban J connectivity index is 1.99. The van der Waals surface area contributed by atoms with Crippen LogP contribution >= 0.6 is 43.5 Å². The fraction of sp³-hybridized carbons (Fsp3) is 0.136. The van der Waals surface area contributed by atoms with Crippen LogP contribution in [0, 0.1) is 0 Å². The molecule has 0 aliphatic carbocycles. The first-order valence-electron chi connectivity index (χ1n) is 9.82. The van der Waals surface area contributed by atoms with Gasteiger partial charge in [0.05, 0.1) is 16.1 Å².